The Balaban J connectivity index is 2.98. The summed E-state index contributed by atoms with van der Waals surface area (Å²) in [7, 11) is -2.62. The van der Waals surface area contributed by atoms with Crippen LogP contribution in [0.1, 0.15) is 11.1 Å². The SMILES string of the molecule is COC(=O)C(Br)CNS(=O)(=O)c1c(C)cc(F)cc1C. The molecule has 1 aromatic carbocycles. The molecule has 0 saturated heterocycles. The number of aryl methyl sites for hydroxylation is 2. The van der Waals surface area contributed by atoms with Crippen molar-refractivity contribution >= 4 is 31.9 Å². The van der Waals surface area contributed by atoms with Gasteiger partial charge in [-0.1, -0.05) is 15.9 Å². The molecule has 1 N–H and O–H groups in total. The molecule has 0 radical (unpaired) electrons. The van der Waals surface area contributed by atoms with Gasteiger partial charge in [0.05, 0.1) is 12.0 Å². The van der Waals surface area contributed by atoms with Crippen LogP contribution in [0.3, 0.4) is 0 Å². The van der Waals surface area contributed by atoms with Crippen molar-refractivity contribution in [2.24, 2.45) is 0 Å². The monoisotopic (exact) mass is 367 g/mol. The van der Waals surface area contributed by atoms with E-state index in [1.54, 1.807) is 0 Å². The first-order chi connectivity index (χ1) is 9.19. The van der Waals surface area contributed by atoms with E-state index in [2.05, 4.69) is 25.4 Å². The number of hydrogen-bond acceptors (Lipinski definition) is 4. The van der Waals surface area contributed by atoms with Gasteiger partial charge in [0.15, 0.2) is 0 Å². The standard InChI is InChI=1S/C12H15BrFNO4S/c1-7-4-9(14)5-8(2)11(7)20(17,18)15-6-10(13)12(16)19-3/h4-5,10,15H,6H2,1-3H3. The Morgan fingerprint density at radius 2 is 1.90 bits per heavy atom. The highest BCUT2D eigenvalue weighted by atomic mass is 79.9. The van der Waals surface area contributed by atoms with Crippen molar-refractivity contribution < 1.29 is 22.3 Å². The van der Waals surface area contributed by atoms with Crippen molar-refractivity contribution in [1.29, 1.82) is 0 Å². The number of benzene rings is 1. The molecule has 20 heavy (non-hydrogen) atoms. The number of halogens is 2. The van der Waals surface area contributed by atoms with Crippen molar-refractivity contribution in [3.05, 3.63) is 29.1 Å². The quantitative estimate of drug-likeness (QED) is 0.634. The predicted molar refractivity (Wildman–Crippen MR) is 75.8 cm³/mol. The lowest BCUT2D eigenvalue weighted by molar-refractivity contribution is -0.139. The lowest BCUT2D eigenvalue weighted by Gasteiger charge is -2.13. The third-order valence-corrected chi connectivity index (χ3v) is 5.03. The highest BCUT2D eigenvalue weighted by Crippen LogP contribution is 2.21. The molecule has 0 aromatic heterocycles. The van der Waals surface area contributed by atoms with Gasteiger partial charge >= 0.3 is 5.97 Å². The summed E-state index contributed by atoms with van der Waals surface area (Å²) in [5.41, 5.74) is 0.610. The molecule has 0 bridgehead atoms. The minimum absolute atomic E-state index is 0.0171. The third kappa shape index (κ3) is 4.00. The van der Waals surface area contributed by atoms with Gasteiger partial charge in [-0.15, -0.1) is 0 Å². The number of methoxy groups -OCH3 is 1. The largest absolute Gasteiger partial charge is 0.468 e. The average Bonchev–Trinajstić information content (AvgIpc) is 2.33. The average molecular weight is 368 g/mol. The molecule has 0 amide bonds. The highest BCUT2D eigenvalue weighted by Gasteiger charge is 2.23. The van der Waals surface area contributed by atoms with Gasteiger partial charge in [-0.3, -0.25) is 4.79 Å². The van der Waals surface area contributed by atoms with Gasteiger partial charge < -0.3 is 4.74 Å². The maximum absolute atomic E-state index is 13.2. The van der Waals surface area contributed by atoms with E-state index in [4.69, 9.17) is 0 Å². The molecular weight excluding hydrogens is 353 g/mol. The second-order valence-electron chi connectivity index (χ2n) is 4.21. The second-order valence-corrected chi connectivity index (χ2v) is 7.02. The molecule has 1 aromatic rings. The highest BCUT2D eigenvalue weighted by molar-refractivity contribution is 9.10. The Labute approximate surface area is 125 Å². The number of alkyl halides is 1. The van der Waals surface area contributed by atoms with E-state index < -0.39 is 26.6 Å². The molecule has 5 nitrogen and oxygen atoms in total. The minimum Gasteiger partial charge on any atom is -0.468 e. The minimum atomic E-state index is -3.83. The van der Waals surface area contributed by atoms with E-state index in [1.807, 2.05) is 0 Å². The van der Waals surface area contributed by atoms with Gasteiger partial charge in [0, 0.05) is 6.54 Å². The number of sulfonamides is 1. The summed E-state index contributed by atoms with van der Waals surface area (Å²) in [6.45, 7) is 2.86. The molecule has 0 aliphatic rings. The molecule has 0 fully saturated rings. The van der Waals surface area contributed by atoms with Crippen LogP contribution in [0.2, 0.25) is 0 Å². The Kier molecular flexibility index (Phi) is 5.67. The van der Waals surface area contributed by atoms with Crippen LogP contribution in [-0.2, 0) is 19.6 Å². The lowest BCUT2D eigenvalue weighted by Crippen LogP contribution is -2.34. The van der Waals surface area contributed by atoms with E-state index >= 15 is 0 Å². The molecule has 0 heterocycles. The van der Waals surface area contributed by atoms with Gasteiger partial charge in [-0.25, -0.2) is 17.5 Å². The predicted octanol–water partition coefficient (Wildman–Crippen LogP) is 1.66. The summed E-state index contributed by atoms with van der Waals surface area (Å²) in [6.07, 6.45) is 0. The fraction of sp³-hybridized carbons (Fsp3) is 0.417. The Hall–Kier alpha value is -0.990. The first kappa shape index (κ1) is 17.1. The maximum atomic E-state index is 13.2. The van der Waals surface area contributed by atoms with Crippen LogP contribution in [0.25, 0.3) is 0 Å². The first-order valence-corrected chi connectivity index (χ1v) is 8.07. The molecule has 0 spiro atoms. The molecular formula is C12H15BrFNO4S. The number of nitrogens with one attached hydrogen (secondary N) is 1. The second kappa shape index (κ2) is 6.64. The van der Waals surface area contributed by atoms with Crippen LogP contribution in [0, 0.1) is 19.7 Å². The molecule has 1 unspecified atom stereocenters. The Bertz CT molecular complexity index is 595. The summed E-state index contributed by atoms with van der Waals surface area (Å²) in [5.74, 6) is -1.08. The number of rotatable bonds is 5. The molecule has 0 saturated carbocycles. The van der Waals surface area contributed by atoms with Crippen molar-refractivity contribution in [2.45, 2.75) is 23.6 Å². The van der Waals surface area contributed by atoms with Crippen LogP contribution < -0.4 is 4.72 Å². The zero-order valence-electron chi connectivity index (χ0n) is 11.2. The Morgan fingerprint density at radius 1 is 1.40 bits per heavy atom. The van der Waals surface area contributed by atoms with Crippen LogP contribution in [0.5, 0.6) is 0 Å². The van der Waals surface area contributed by atoms with E-state index in [9.17, 15) is 17.6 Å². The summed E-state index contributed by atoms with van der Waals surface area (Å²) >= 11 is 3.02. The maximum Gasteiger partial charge on any atom is 0.320 e. The van der Waals surface area contributed by atoms with Crippen LogP contribution in [-0.4, -0.2) is 32.9 Å². The number of carbonyl (C=O) groups is 1. The summed E-state index contributed by atoms with van der Waals surface area (Å²) in [5, 5.41) is 0. The third-order valence-electron chi connectivity index (χ3n) is 2.60. The summed E-state index contributed by atoms with van der Waals surface area (Å²) in [6, 6.07) is 2.29. The van der Waals surface area contributed by atoms with E-state index in [-0.39, 0.29) is 11.4 Å². The summed E-state index contributed by atoms with van der Waals surface area (Å²) < 4.78 is 44.3. The van der Waals surface area contributed by atoms with Gasteiger partial charge in [-0.2, -0.15) is 0 Å². The number of ether oxygens (including phenoxy) is 1. The molecule has 1 rings (SSSR count). The first-order valence-electron chi connectivity index (χ1n) is 5.67. The number of carbonyl (C=O) groups excluding carboxylic acids is 1. The zero-order valence-corrected chi connectivity index (χ0v) is 13.6. The van der Waals surface area contributed by atoms with Gasteiger partial charge in [0.2, 0.25) is 10.0 Å². The van der Waals surface area contributed by atoms with Crippen molar-refractivity contribution in [3.8, 4) is 0 Å². The van der Waals surface area contributed by atoms with Crippen molar-refractivity contribution in [2.75, 3.05) is 13.7 Å². The van der Waals surface area contributed by atoms with Crippen molar-refractivity contribution in [3.63, 3.8) is 0 Å². The van der Waals surface area contributed by atoms with Crippen LogP contribution in [0.15, 0.2) is 17.0 Å². The smallest absolute Gasteiger partial charge is 0.320 e. The normalized spacial score (nSPS) is 13.1. The Morgan fingerprint density at radius 3 is 2.35 bits per heavy atom. The summed E-state index contributed by atoms with van der Waals surface area (Å²) in [4.78, 5) is 10.4. The zero-order chi connectivity index (χ0) is 15.5. The fourth-order valence-corrected chi connectivity index (χ4v) is 3.85. The van der Waals surface area contributed by atoms with Crippen LogP contribution in [0.4, 0.5) is 4.39 Å². The molecule has 112 valence electrons. The molecule has 0 aliphatic heterocycles. The fourth-order valence-electron chi connectivity index (χ4n) is 1.79. The van der Waals surface area contributed by atoms with Gasteiger partial charge in [0.25, 0.3) is 0 Å². The van der Waals surface area contributed by atoms with E-state index in [0.717, 1.165) is 12.1 Å². The van der Waals surface area contributed by atoms with E-state index in [1.165, 1.54) is 21.0 Å². The van der Waals surface area contributed by atoms with Crippen LogP contribution >= 0.6 is 15.9 Å². The van der Waals surface area contributed by atoms with Gasteiger partial charge in [0.1, 0.15) is 10.6 Å². The molecule has 0 aliphatic carbocycles. The van der Waals surface area contributed by atoms with Gasteiger partial charge in [-0.05, 0) is 37.1 Å². The van der Waals surface area contributed by atoms with Crippen molar-refractivity contribution in [1.82, 2.24) is 4.72 Å². The molecule has 8 heteroatoms. The number of esters is 1. The molecule has 1 atom stereocenters. The van der Waals surface area contributed by atoms with E-state index in [0.29, 0.717) is 11.1 Å². The lowest BCUT2D eigenvalue weighted by atomic mass is 10.1. The number of hydrogen-bond donors (Lipinski definition) is 1. The topological polar surface area (TPSA) is 72.5 Å².